The van der Waals surface area contributed by atoms with Gasteiger partial charge in [-0.1, -0.05) is 5.16 Å². The first-order valence-corrected chi connectivity index (χ1v) is 10.1. The van der Waals surface area contributed by atoms with Gasteiger partial charge in [-0.05, 0) is 45.4 Å². The molecular formula is C22H25N5O5. The van der Waals surface area contributed by atoms with Gasteiger partial charge in [0.25, 0.3) is 5.91 Å². The fraction of sp³-hybridized carbons (Fsp3) is 0.364. The fourth-order valence-corrected chi connectivity index (χ4v) is 3.81. The Morgan fingerprint density at radius 1 is 1.16 bits per heavy atom. The van der Waals surface area contributed by atoms with Gasteiger partial charge in [0.15, 0.2) is 0 Å². The number of carbonyl (C=O) groups excluding carboxylic acids is 2. The van der Waals surface area contributed by atoms with Crippen molar-refractivity contribution in [1.82, 2.24) is 19.8 Å². The average Bonchev–Trinajstić information content (AvgIpc) is 3.37. The number of ether oxygens (including phenoxy) is 1. The van der Waals surface area contributed by atoms with Gasteiger partial charge in [-0.25, -0.2) is 9.69 Å². The molecule has 10 nitrogen and oxygen atoms in total. The Bertz CT molecular complexity index is 1180. The van der Waals surface area contributed by atoms with Gasteiger partial charge in [-0.15, -0.1) is 0 Å². The maximum absolute atomic E-state index is 13.3. The molecule has 1 fully saturated rings. The number of anilines is 1. The number of methoxy groups -OCH3 is 1. The molecule has 1 aromatic carbocycles. The first-order valence-electron chi connectivity index (χ1n) is 10.1. The molecule has 3 amide bonds. The Hall–Kier alpha value is -3.82. The maximum atomic E-state index is 13.3. The van der Waals surface area contributed by atoms with Crippen molar-refractivity contribution < 1.29 is 24.0 Å². The molecule has 1 aliphatic heterocycles. The number of aromatic hydroxyl groups is 1. The zero-order valence-corrected chi connectivity index (χ0v) is 18.6. The quantitative estimate of drug-likeness (QED) is 0.587. The van der Waals surface area contributed by atoms with Crippen LogP contribution in [0.25, 0.3) is 0 Å². The van der Waals surface area contributed by atoms with Gasteiger partial charge in [-0.2, -0.15) is 5.10 Å². The summed E-state index contributed by atoms with van der Waals surface area (Å²) in [7, 11) is 1.50. The summed E-state index contributed by atoms with van der Waals surface area (Å²) < 4.78 is 12.0. The second kappa shape index (κ2) is 7.70. The lowest BCUT2D eigenvalue weighted by Gasteiger charge is -2.27. The number of phenolic OH excluding ortho intramolecular Hbond substituents is 1. The third-order valence-corrected chi connectivity index (χ3v) is 5.73. The number of aromatic nitrogens is 3. The smallest absolute Gasteiger partial charge is 0.332 e. The molecule has 0 atom stereocenters. The Kier molecular flexibility index (Phi) is 5.15. The van der Waals surface area contributed by atoms with Crippen molar-refractivity contribution in [1.29, 1.82) is 0 Å². The number of carbonyl (C=O) groups is 2. The van der Waals surface area contributed by atoms with Crippen molar-refractivity contribution >= 4 is 17.6 Å². The highest BCUT2D eigenvalue weighted by Gasteiger charge is 2.52. The zero-order chi connectivity index (χ0) is 23.2. The van der Waals surface area contributed by atoms with Gasteiger partial charge in [0.05, 0.1) is 31.2 Å². The van der Waals surface area contributed by atoms with E-state index in [1.807, 2.05) is 13.8 Å². The van der Waals surface area contributed by atoms with Crippen LogP contribution in [0.5, 0.6) is 11.5 Å². The number of imide groups is 1. The lowest BCUT2D eigenvalue weighted by molar-refractivity contribution is -0.123. The summed E-state index contributed by atoms with van der Waals surface area (Å²) in [6, 6.07) is 4.28. The van der Waals surface area contributed by atoms with Gasteiger partial charge in [0.1, 0.15) is 22.8 Å². The second-order valence-electron chi connectivity index (χ2n) is 8.31. The third kappa shape index (κ3) is 3.57. The third-order valence-electron chi connectivity index (χ3n) is 5.73. The first-order chi connectivity index (χ1) is 15.1. The number of phenols is 1. The van der Waals surface area contributed by atoms with Crippen LogP contribution in [0.15, 0.2) is 35.1 Å². The van der Waals surface area contributed by atoms with Crippen LogP contribution in [0, 0.1) is 13.8 Å². The summed E-state index contributed by atoms with van der Waals surface area (Å²) >= 11 is 0. The van der Waals surface area contributed by atoms with Gasteiger partial charge in [-0.3, -0.25) is 9.48 Å². The van der Waals surface area contributed by atoms with Gasteiger partial charge in [0.2, 0.25) is 0 Å². The van der Waals surface area contributed by atoms with Crippen LogP contribution >= 0.6 is 0 Å². The predicted octanol–water partition coefficient (Wildman–Crippen LogP) is 3.00. The molecule has 3 heterocycles. The number of hydrogen-bond donors (Lipinski definition) is 1. The molecule has 3 aromatic rings. The van der Waals surface area contributed by atoms with Gasteiger partial charge < -0.3 is 19.3 Å². The number of rotatable bonds is 6. The lowest BCUT2D eigenvalue weighted by Crippen LogP contribution is -2.43. The van der Waals surface area contributed by atoms with E-state index < -0.39 is 11.6 Å². The molecule has 0 saturated carbocycles. The summed E-state index contributed by atoms with van der Waals surface area (Å²) in [5, 5.41) is 18.2. The number of nitrogens with zero attached hydrogens (tertiary/aromatic N) is 5. The predicted molar refractivity (Wildman–Crippen MR) is 114 cm³/mol. The van der Waals surface area contributed by atoms with Crippen LogP contribution < -0.4 is 9.64 Å². The monoisotopic (exact) mass is 439 g/mol. The van der Waals surface area contributed by atoms with Gasteiger partial charge >= 0.3 is 6.03 Å². The van der Waals surface area contributed by atoms with Crippen molar-refractivity contribution in [3.63, 3.8) is 0 Å². The second-order valence-corrected chi connectivity index (χ2v) is 8.31. The van der Waals surface area contributed by atoms with Crippen LogP contribution in [0.1, 0.15) is 36.4 Å². The van der Waals surface area contributed by atoms with E-state index in [1.54, 1.807) is 36.9 Å². The number of aryl methyl sites for hydroxylation is 2. The van der Waals surface area contributed by atoms with Crippen LogP contribution in [0.4, 0.5) is 10.5 Å². The molecule has 1 aliphatic rings. The van der Waals surface area contributed by atoms with Crippen molar-refractivity contribution in [3.8, 4) is 11.5 Å². The minimum Gasteiger partial charge on any atom is -0.508 e. The van der Waals surface area contributed by atoms with Crippen molar-refractivity contribution in [2.75, 3.05) is 12.0 Å². The molecule has 2 aromatic heterocycles. The van der Waals surface area contributed by atoms with E-state index in [9.17, 15) is 14.7 Å². The van der Waals surface area contributed by atoms with Crippen LogP contribution in [0.3, 0.4) is 0 Å². The molecule has 1 N–H and O–H groups in total. The van der Waals surface area contributed by atoms with Crippen molar-refractivity contribution in [2.45, 2.75) is 46.3 Å². The highest BCUT2D eigenvalue weighted by atomic mass is 16.5. The maximum Gasteiger partial charge on any atom is 0.332 e. The highest BCUT2D eigenvalue weighted by Crippen LogP contribution is 2.34. The summed E-state index contributed by atoms with van der Waals surface area (Å²) in [6.45, 7) is 7.60. The van der Waals surface area contributed by atoms with E-state index in [4.69, 9.17) is 9.26 Å². The summed E-state index contributed by atoms with van der Waals surface area (Å²) in [5.74, 6) is 0.828. The minimum atomic E-state index is -1.08. The van der Waals surface area contributed by atoms with E-state index in [2.05, 4.69) is 10.3 Å². The Morgan fingerprint density at radius 2 is 1.91 bits per heavy atom. The zero-order valence-electron chi connectivity index (χ0n) is 18.6. The number of hydrogen-bond acceptors (Lipinski definition) is 7. The molecule has 10 heteroatoms. The summed E-state index contributed by atoms with van der Waals surface area (Å²) in [5.41, 5.74) is 1.61. The Morgan fingerprint density at radius 3 is 2.56 bits per heavy atom. The van der Waals surface area contributed by atoms with Crippen LogP contribution in [-0.4, -0.2) is 49.5 Å². The molecule has 1 saturated heterocycles. The van der Waals surface area contributed by atoms with E-state index >= 15 is 0 Å². The lowest BCUT2D eigenvalue weighted by atomic mass is 10.0. The molecular weight excluding hydrogens is 414 g/mol. The highest BCUT2D eigenvalue weighted by molar-refractivity contribution is 6.22. The summed E-state index contributed by atoms with van der Waals surface area (Å²) in [6.07, 6.45) is 3.14. The topological polar surface area (TPSA) is 114 Å². The molecule has 0 spiro atoms. The number of urea groups is 1. The molecule has 168 valence electrons. The molecule has 0 unspecified atom stereocenters. The Balaban J connectivity index is 1.60. The largest absolute Gasteiger partial charge is 0.508 e. The van der Waals surface area contributed by atoms with E-state index in [1.165, 1.54) is 24.3 Å². The van der Waals surface area contributed by atoms with E-state index in [0.29, 0.717) is 29.3 Å². The van der Waals surface area contributed by atoms with Crippen LogP contribution in [-0.2, 0) is 17.9 Å². The number of benzene rings is 1. The minimum absolute atomic E-state index is 0.0209. The van der Waals surface area contributed by atoms with Crippen molar-refractivity contribution in [2.24, 2.45) is 0 Å². The standard InChI is InChI=1S/C22H25N5O5/c1-13-19(14(2)32-24-13)12-25-11-16(9-23-25)27-20(29)22(3,4)26(21(27)30)10-15-6-17(28)8-18(7-15)31-5/h6-9,11,28H,10,12H2,1-5H3. The fourth-order valence-electron chi connectivity index (χ4n) is 3.81. The van der Waals surface area contributed by atoms with Crippen molar-refractivity contribution in [3.05, 3.63) is 53.2 Å². The molecule has 32 heavy (non-hydrogen) atoms. The molecule has 0 radical (unpaired) electrons. The van der Waals surface area contributed by atoms with Crippen LogP contribution in [0.2, 0.25) is 0 Å². The van der Waals surface area contributed by atoms with E-state index in [-0.39, 0.29) is 18.2 Å². The molecule has 0 aliphatic carbocycles. The summed E-state index contributed by atoms with van der Waals surface area (Å²) in [4.78, 5) is 29.1. The van der Waals surface area contributed by atoms with E-state index in [0.717, 1.165) is 16.2 Å². The number of amides is 3. The van der Waals surface area contributed by atoms with Gasteiger partial charge in [0, 0.05) is 24.4 Å². The molecule has 4 rings (SSSR count). The molecule has 0 bridgehead atoms. The normalized spacial score (nSPS) is 15.7. The first kappa shape index (κ1) is 21.4. The Labute approximate surface area is 185 Å². The average molecular weight is 439 g/mol. The SMILES string of the molecule is COc1cc(O)cc(CN2C(=O)N(c3cnn(Cc4c(C)noc4C)c3)C(=O)C2(C)C)c1.